The monoisotopic (exact) mass is 344 g/mol. The molecular weight excluding hydrogens is 328 g/mol. The van der Waals surface area contributed by atoms with E-state index in [1.54, 1.807) is 12.1 Å². The fourth-order valence-corrected chi connectivity index (χ4v) is 3.63. The first-order chi connectivity index (χ1) is 12.6. The fraction of sp³-hybridized carbons (Fsp3) is 0.143. The molecule has 1 aromatic heterocycles. The quantitative estimate of drug-likeness (QED) is 0.746. The Bertz CT molecular complexity index is 1120. The highest BCUT2D eigenvalue weighted by atomic mass is 16.5. The maximum atomic E-state index is 12.6. The minimum absolute atomic E-state index is 0.0286. The maximum absolute atomic E-state index is 12.6. The number of nitrogens with zero attached hydrogens (tertiary/aromatic N) is 1. The van der Waals surface area contributed by atoms with Gasteiger partial charge in [0.2, 0.25) is 0 Å². The SMILES string of the molecule is COc1ccc(-c2c3c([nH]c(=O)c2C#N)-c2ccccc2CC3)cc1O. The summed E-state index contributed by atoms with van der Waals surface area (Å²) in [6.07, 6.45) is 1.54. The molecule has 2 N–H and O–H groups in total. The van der Waals surface area contributed by atoms with Gasteiger partial charge >= 0.3 is 0 Å². The third-order valence-electron chi connectivity index (χ3n) is 4.83. The molecule has 1 aliphatic carbocycles. The van der Waals surface area contributed by atoms with Crippen LogP contribution < -0.4 is 10.3 Å². The number of phenols is 1. The second-order valence-corrected chi connectivity index (χ2v) is 6.21. The van der Waals surface area contributed by atoms with E-state index < -0.39 is 5.56 Å². The van der Waals surface area contributed by atoms with Gasteiger partial charge in [0.15, 0.2) is 11.5 Å². The number of H-pyrrole nitrogens is 1. The third-order valence-corrected chi connectivity index (χ3v) is 4.83. The van der Waals surface area contributed by atoms with Gasteiger partial charge in [0.1, 0.15) is 11.6 Å². The van der Waals surface area contributed by atoms with E-state index in [-0.39, 0.29) is 11.3 Å². The number of hydrogen-bond donors (Lipinski definition) is 2. The zero-order valence-electron chi connectivity index (χ0n) is 14.2. The first kappa shape index (κ1) is 16.0. The van der Waals surface area contributed by atoms with Gasteiger partial charge in [-0.15, -0.1) is 0 Å². The van der Waals surface area contributed by atoms with Crippen LogP contribution in [-0.2, 0) is 12.8 Å². The van der Waals surface area contributed by atoms with Crippen molar-refractivity contribution in [3.05, 3.63) is 69.5 Å². The van der Waals surface area contributed by atoms with Crippen molar-refractivity contribution in [3.8, 4) is 40.0 Å². The van der Waals surface area contributed by atoms with Crippen LogP contribution >= 0.6 is 0 Å². The summed E-state index contributed by atoms with van der Waals surface area (Å²) in [5, 5.41) is 19.7. The van der Waals surface area contributed by atoms with E-state index in [0.29, 0.717) is 23.3 Å². The predicted octanol–water partition coefficient (Wildman–Crippen LogP) is 3.39. The van der Waals surface area contributed by atoms with E-state index in [0.717, 1.165) is 23.2 Å². The fourth-order valence-electron chi connectivity index (χ4n) is 3.63. The Labute approximate surface area is 150 Å². The molecule has 1 heterocycles. The standard InChI is InChI=1S/C21H16N2O3/c1-26-18-9-7-13(10-17(18)24)19-15-8-6-12-4-2-3-5-14(12)20(15)23-21(25)16(19)11-22/h2-5,7,9-10,24H,6,8H2,1H3,(H,23,25). The van der Waals surface area contributed by atoms with Crippen molar-refractivity contribution >= 4 is 0 Å². The number of benzene rings is 2. The van der Waals surface area contributed by atoms with Crippen LogP contribution in [0.1, 0.15) is 16.7 Å². The molecular formula is C21H16N2O3. The number of ether oxygens (including phenoxy) is 1. The largest absolute Gasteiger partial charge is 0.504 e. The Morgan fingerprint density at radius 2 is 2.00 bits per heavy atom. The van der Waals surface area contributed by atoms with E-state index >= 15 is 0 Å². The molecule has 26 heavy (non-hydrogen) atoms. The van der Waals surface area contributed by atoms with E-state index in [1.807, 2.05) is 30.3 Å². The van der Waals surface area contributed by atoms with Gasteiger partial charge in [0.25, 0.3) is 5.56 Å². The molecule has 1 aliphatic rings. The molecule has 0 saturated heterocycles. The summed E-state index contributed by atoms with van der Waals surface area (Å²) in [6.45, 7) is 0. The molecule has 4 rings (SSSR count). The van der Waals surface area contributed by atoms with Crippen LogP contribution in [-0.4, -0.2) is 17.2 Å². The van der Waals surface area contributed by atoms with Gasteiger partial charge in [-0.25, -0.2) is 0 Å². The summed E-state index contributed by atoms with van der Waals surface area (Å²) in [7, 11) is 1.47. The van der Waals surface area contributed by atoms with Gasteiger partial charge in [-0.3, -0.25) is 4.79 Å². The Hall–Kier alpha value is -3.52. The van der Waals surface area contributed by atoms with Crippen LogP contribution in [0.15, 0.2) is 47.3 Å². The molecule has 5 heteroatoms. The van der Waals surface area contributed by atoms with Gasteiger partial charge in [-0.1, -0.05) is 30.3 Å². The summed E-state index contributed by atoms with van der Waals surface area (Å²) >= 11 is 0. The lowest BCUT2D eigenvalue weighted by Crippen LogP contribution is -2.19. The number of fused-ring (bicyclic) bond motifs is 3. The molecule has 0 fully saturated rings. The third kappa shape index (κ3) is 2.35. The van der Waals surface area contributed by atoms with Crippen LogP contribution in [0.2, 0.25) is 0 Å². The average Bonchev–Trinajstić information content (AvgIpc) is 2.66. The number of hydrogen-bond acceptors (Lipinski definition) is 4. The molecule has 0 bridgehead atoms. The lowest BCUT2D eigenvalue weighted by Gasteiger charge is -2.23. The van der Waals surface area contributed by atoms with E-state index in [2.05, 4.69) is 4.98 Å². The van der Waals surface area contributed by atoms with E-state index in [1.165, 1.54) is 18.7 Å². The lowest BCUT2D eigenvalue weighted by molar-refractivity contribution is 0.373. The molecule has 5 nitrogen and oxygen atoms in total. The second kappa shape index (κ2) is 6.08. The Balaban J connectivity index is 2.05. The lowest BCUT2D eigenvalue weighted by atomic mass is 9.83. The van der Waals surface area contributed by atoms with E-state index in [4.69, 9.17) is 4.74 Å². The van der Waals surface area contributed by atoms with E-state index in [9.17, 15) is 15.2 Å². The number of aryl methyl sites for hydroxylation is 1. The number of rotatable bonds is 2. The van der Waals surface area contributed by atoms with Crippen LogP contribution in [0.4, 0.5) is 0 Å². The van der Waals surface area contributed by atoms with Crippen molar-refractivity contribution in [2.24, 2.45) is 0 Å². The van der Waals surface area contributed by atoms with Crippen molar-refractivity contribution in [1.82, 2.24) is 4.98 Å². The number of nitrogens with one attached hydrogen (secondary N) is 1. The molecule has 0 saturated carbocycles. The summed E-state index contributed by atoms with van der Waals surface area (Å²) in [4.78, 5) is 15.5. The molecule has 128 valence electrons. The topological polar surface area (TPSA) is 86.1 Å². The number of aromatic hydroxyl groups is 1. The molecule has 0 amide bonds. The second-order valence-electron chi connectivity index (χ2n) is 6.21. The highest BCUT2D eigenvalue weighted by Gasteiger charge is 2.24. The van der Waals surface area contributed by atoms with Crippen LogP contribution in [0.25, 0.3) is 22.4 Å². The smallest absolute Gasteiger partial charge is 0.266 e. The molecule has 0 unspecified atom stereocenters. The molecule has 3 aromatic rings. The van der Waals surface area contributed by atoms with Crippen LogP contribution in [0.5, 0.6) is 11.5 Å². The number of aromatic nitrogens is 1. The van der Waals surface area contributed by atoms with Gasteiger partial charge in [-0.2, -0.15) is 5.26 Å². The van der Waals surface area contributed by atoms with Gasteiger partial charge in [0.05, 0.1) is 12.8 Å². The predicted molar refractivity (Wildman–Crippen MR) is 98.3 cm³/mol. The summed E-state index contributed by atoms with van der Waals surface area (Å²) in [5.74, 6) is 0.315. The zero-order valence-corrected chi connectivity index (χ0v) is 14.2. The molecule has 0 spiro atoms. The highest BCUT2D eigenvalue weighted by Crippen LogP contribution is 2.40. The maximum Gasteiger partial charge on any atom is 0.266 e. The number of phenolic OH excluding ortho intramolecular Hbond substituents is 1. The Kier molecular flexibility index (Phi) is 3.74. The van der Waals surface area contributed by atoms with Crippen molar-refractivity contribution in [3.63, 3.8) is 0 Å². The Morgan fingerprint density at radius 3 is 2.73 bits per heavy atom. The molecule has 2 aromatic carbocycles. The first-order valence-electron chi connectivity index (χ1n) is 8.29. The normalized spacial score (nSPS) is 12.0. The minimum atomic E-state index is -0.423. The minimum Gasteiger partial charge on any atom is -0.504 e. The molecule has 0 atom stereocenters. The zero-order chi connectivity index (χ0) is 18.3. The number of pyridine rings is 1. The van der Waals surface area contributed by atoms with Crippen LogP contribution in [0, 0.1) is 11.3 Å². The Morgan fingerprint density at radius 1 is 1.19 bits per heavy atom. The van der Waals surface area contributed by atoms with Crippen LogP contribution in [0.3, 0.4) is 0 Å². The van der Waals surface area contributed by atoms with Crippen molar-refractivity contribution < 1.29 is 9.84 Å². The van der Waals surface area contributed by atoms with Crippen molar-refractivity contribution in [1.29, 1.82) is 5.26 Å². The van der Waals surface area contributed by atoms with Gasteiger partial charge in [-0.05, 0) is 41.7 Å². The number of nitriles is 1. The highest BCUT2D eigenvalue weighted by molar-refractivity contribution is 5.83. The number of aromatic amines is 1. The van der Waals surface area contributed by atoms with Crippen molar-refractivity contribution in [2.45, 2.75) is 12.8 Å². The summed E-state index contributed by atoms with van der Waals surface area (Å²) in [6, 6.07) is 14.9. The van der Waals surface area contributed by atoms with Crippen molar-refractivity contribution in [2.75, 3.05) is 7.11 Å². The molecule has 0 aliphatic heterocycles. The van der Waals surface area contributed by atoms with Gasteiger partial charge in [0, 0.05) is 11.1 Å². The summed E-state index contributed by atoms with van der Waals surface area (Å²) < 4.78 is 5.09. The first-order valence-corrected chi connectivity index (χ1v) is 8.29. The average molecular weight is 344 g/mol. The molecule has 0 radical (unpaired) electrons. The number of methoxy groups -OCH3 is 1. The van der Waals surface area contributed by atoms with Gasteiger partial charge < -0.3 is 14.8 Å². The summed E-state index contributed by atoms with van der Waals surface area (Å²) in [5.41, 5.74) is 4.67.